The molecular formula is C33H41NO4. The van der Waals surface area contributed by atoms with Crippen LogP contribution < -0.4 is 14.2 Å². The molecule has 202 valence electrons. The first-order valence-corrected chi connectivity index (χ1v) is 14.1. The van der Waals surface area contributed by atoms with Crippen LogP contribution in [0.1, 0.15) is 59.4 Å². The third-order valence-electron chi connectivity index (χ3n) is 8.01. The molecule has 0 N–H and O–H groups in total. The highest BCUT2D eigenvalue weighted by Gasteiger charge is 2.24. The van der Waals surface area contributed by atoms with E-state index in [4.69, 9.17) is 18.9 Å². The van der Waals surface area contributed by atoms with Crippen molar-refractivity contribution in [2.45, 2.75) is 57.6 Å². The van der Waals surface area contributed by atoms with E-state index in [1.807, 2.05) is 18.2 Å². The van der Waals surface area contributed by atoms with Gasteiger partial charge in [-0.25, -0.2) is 0 Å². The van der Waals surface area contributed by atoms with Crippen LogP contribution in [0.25, 0.3) is 0 Å². The van der Waals surface area contributed by atoms with Gasteiger partial charge in [-0.2, -0.15) is 0 Å². The molecule has 38 heavy (non-hydrogen) atoms. The predicted octanol–water partition coefficient (Wildman–Crippen LogP) is 6.56. The van der Waals surface area contributed by atoms with Crippen LogP contribution in [-0.4, -0.2) is 45.4 Å². The SMILES string of the molecule is COc1cc2c(cc1OC)CN(CCCC1CCCc3c(OCCOCc4ccccc4)cccc31)CC2. The second-order valence-electron chi connectivity index (χ2n) is 10.4. The molecular weight excluding hydrogens is 474 g/mol. The molecule has 0 saturated heterocycles. The van der Waals surface area contributed by atoms with Gasteiger partial charge in [0.15, 0.2) is 11.5 Å². The maximum atomic E-state index is 6.21. The van der Waals surface area contributed by atoms with E-state index in [9.17, 15) is 0 Å². The number of hydrogen-bond acceptors (Lipinski definition) is 5. The molecule has 1 aliphatic carbocycles. The molecule has 0 amide bonds. The summed E-state index contributed by atoms with van der Waals surface area (Å²) in [7, 11) is 3.42. The molecule has 5 rings (SSSR count). The first kappa shape index (κ1) is 26.6. The topological polar surface area (TPSA) is 40.2 Å². The molecule has 0 radical (unpaired) electrons. The molecule has 1 atom stereocenters. The van der Waals surface area contributed by atoms with Gasteiger partial charge in [-0.15, -0.1) is 0 Å². The summed E-state index contributed by atoms with van der Waals surface area (Å²) in [4.78, 5) is 2.59. The zero-order chi connectivity index (χ0) is 26.2. The second kappa shape index (κ2) is 13.2. The number of methoxy groups -OCH3 is 2. The molecule has 3 aromatic carbocycles. The maximum absolute atomic E-state index is 6.21. The van der Waals surface area contributed by atoms with Crippen molar-refractivity contribution in [3.63, 3.8) is 0 Å². The van der Waals surface area contributed by atoms with Gasteiger partial charge in [0, 0.05) is 13.1 Å². The number of benzene rings is 3. The lowest BCUT2D eigenvalue weighted by Crippen LogP contribution is -2.31. The first-order valence-electron chi connectivity index (χ1n) is 14.1. The van der Waals surface area contributed by atoms with Crippen molar-refractivity contribution >= 4 is 0 Å². The lowest BCUT2D eigenvalue weighted by atomic mass is 9.80. The van der Waals surface area contributed by atoms with E-state index in [0.29, 0.717) is 25.7 Å². The van der Waals surface area contributed by atoms with E-state index in [2.05, 4.69) is 47.4 Å². The van der Waals surface area contributed by atoms with Gasteiger partial charge >= 0.3 is 0 Å². The van der Waals surface area contributed by atoms with E-state index >= 15 is 0 Å². The molecule has 2 aliphatic rings. The smallest absolute Gasteiger partial charge is 0.161 e. The summed E-state index contributed by atoms with van der Waals surface area (Å²) in [6.07, 6.45) is 7.13. The summed E-state index contributed by atoms with van der Waals surface area (Å²) in [6, 6.07) is 21.2. The largest absolute Gasteiger partial charge is 0.493 e. The molecule has 0 bridgehead atoms. The number of ether oxygens (including phenoxy) is 4. The van der Waals surface area contributed by atoms with Crippen LogP contribution >= 0.6 is 0 Å². The molecule has 1 heterocycles. The highest BCUT2D eigenvalue weighted by Crippen LogP contribution is 2.39. The van der Waals surface area contributed by atoms with Crippen LogP contribution in [0.5, 0.6) is 17.2 Å². The first-order chi connectivity index (χ1) is 18.7. The average Bonchev–Trinajstić information content (AvgIpc) is 2.97. The zero-order valence-electron chi connectivity index (χ0n) is 22.9. The van der Waals surface area contributed by atoms with Gasteiger partial charge in [-0.05, 0) is 97.0 Å². The molecule has 1 aliphatic heterocycles. The van der Waals surface area contributed by atoms with Crippen molar-refractivity contribution in [1.29, 1.82) is 0 Å². The Morgan fingerprint density at radius 3 is 2.47 bits per heavy atom. The van der Waals surface area contributed by atoms with Gasteiger partial charge in [-0.1, -0.05) is 42.5 Å². The molecule has 0 saturated carbocycles. The van der Waals surface area contributed by atoms with Crippen molar-refractivity contribution < 1.29 is 18.9 Å². The Balaban J connectivity index is 1.11. The standard InChI is InChI=1S/C33H41NO4/c1-35-32-21-27-16-18-34(23-28(27)22-33(32)36-2)17-8-12-26-11-6-14-30-29(26)13-7-15-31(30)38-20-19-37-24-25-9-4-3-5-10-25/h3-5,7,9-10,13,15,21-22,26H,6,8,11-12,14,16-20,23-24H2,1-2H3. The molecule has 5 nitrogen and oxygen atoms in total. The summed E-state index contributed by atoms with van der Waals surface area (Å²) < 4.78 is 23.1. The summed E-state index contributed by atoms with van der Waals surface area (Å²) in [5.41, 5.74) is 6.87. The Labute approximate surface area is 227 Å². The van der Waals surface area contributed by atoms with Crippen molar-refractivity contribution in [3.05, 3.63) is 88.5 Å². The van der Waals surface area contributed by atoms with Gasteiger partial charge in [0.25, 0.3) is 0 Å². The van der Waals surface area contributed by atoms with Gasteiger partial charge in [-0.3, -0.25) is 4.90 Å². The lowest BCUT2D eigenvalue weighted by molar-refractivity contribution is 0.0885. The quantitative estimate of drug-likeness (QED) is 0.256. The molecule has 3 aromatic rings. The normalized spacial score (nSPS) is 16.9. The Hall–Kier alpha value is -3.02. The number of rotatable bonds is 12. The zero-order valence-corrected chi connectivity index (χ0v) is 22.9. The second-order valence-corrected chi connectivity index (χ2v) is 10.4. The fourth-order valence-corrected chi connectivity index (χ4v) is 6.02. The fraction of sp³-hybridized carbons (Fsp3) is 0.455. The van der Waals surface area contributed by atoms with Gasteiger partial charge < -0.3 is 18.9 Å². The third-order valence-corrected chi connectivity index (χ3v) is 8.01. The molecule has 1 unspecified atom stereocenters. The monoisotopic (exact) mass is 515 g/mol. The summed E-state index contributed by atoms with van der Waals surface area (Å²) in [5.74, 6) is 3.33. The molecule has 0 spiro atoms. The van der Waals surface area contributed by atoms with Crippen LogP contribution in [0.2, 0.25) is 0 Å². The van der Waals surface area contributed by atoms with E-state index in [0.717, 1.165) is 49.7 Å². The Bertz CT molecular complexity index is 1180. The molecule has 5 heteroatoms. The minimum atomic E-state index is 0.584. The summed E-state index contributed by atoms with van der Waals surface area (Å²) in [5, 5.41) is 0. The van der Waals surface area contributed by atoms with Crippen LogP contribution in [0.3, 0.4) is 0 Å². The minimum absolute atomic E-state index is 0.584. The number of nitrogens with zero attached hydrogens (tertiary/aromatic N) is 1. The summed E-state index contributed by atoms with van der Waals surface area (Å²) >= 11 is 0. The fourth-order valence-electron chi connectivity index (χ4n) is 6.02. The van der Waals surface area contributed by atoms with E-state index in [1.165, 1.54) is 53.5 Å². The highest BCUT2D eigenvalue weighted by atomic mass is 16.5. The van der Waals surface area contributed by atoms with Gasteiger partial charge in [0.05, 0.1) is 27.4 Å². The molecule has 0 fully saturated rings. The Kier molecular flexibility index (Phi) is 9.21. The molecule has 0 aromatic heterocycles. The van der Waals surface area contributed by atoms with Crippen molar-refractivity contribution in [3.8, 4) is 17.2 Å². The Morgan fingerprint density at radius 1 is 0.842 bits per heavy atom. The number of fused-ring (bicyclic) bond motifs is 2. The summed E-state index contributed by atoms with van der Waals surface area (Å²) in [6.45, 7) is 5.04. The van der Waals surface area contributed by atoms with Crippen molar-refractivity contribution in [2.75, 3.05) is 40.5 Å². The minimum Gasteiger partial charge on any atom is -0.493 e. The Morgan fingerprint density at radius 2 is 1.66 bits per heavy atom. The van der Waals surface area contributed by atoms with Gasteiger partial charge in [0.2, 0.25) is 0 Å². The van der Waals surface area contributed by atoms with E-state index < -0.39 is 0 Å². The van der Waals surface area contributed by atoms with Gasteiger partial charge in [0.1, 0.15) is 12.4 Å². The van der Waals surface area contributed by atoms with Crippen LogP contribution in [-0.2, 0) is 30.7 Å². The highest BCUT2D eigenvalue weighted by molar-refractivity contribution is 5.48. The third kappa shape index (κ3) is 6.51. The lowest BCUT2D eigenvalue weighted by Gasteiger charge is -2.31. The maximum Gasteiger partial charge on any atom is 0.161 e. The van der Waals surface area contributed by atoms with Crippen LogP contribution in [0.15, 0.2) is 60.7 Å². The van der Waals surface area contributed by atoms with E-state index in [-0.39, 0.29) is 0 Å². The van der Waals surface area contributed by atoms with Crippen molar-refractivity contribution in [2.24, 2.45) is 0 Å². The van der Waals surface area contributed by atoms with Crippen molar-refractivity contribution in [1.82, 2.24) is 4.90 Å². The predicted molar refractivity (Wildman–Crippen MR) is 151 cm³/mol. The van der Waals surface area contributed by atoms with Crippen LogP contribution in [0.4, 0.5) is 0 Å². The average molecular weight is 516 g/mol. The number of hydrogen-bond donors (Lipinski definition) is 0. The van der Waals surface area contributed by atoms with E-state index in [1.54, 1.807) is 14.2 Å². The van der Waals surface area contributed by atoms with Crippen LogP contribution in [0, 0.1) is 0 Å².